The highest BCUT2D eigenvalue weighted by Crippen LogP contribution is 2.03. The van der Waals surface area contributed by atoms with Gasteiger partial charge in [0.1, 0.15) is 0 Å². The van der Waals surface area contributed by atoms with Crippen molar-refractivity contribution in [3.63, 3.8) is 0 Å². The maximum absolute atomic E-state index is 10.7. The van der Waals surface area contributed by atoms with Crippen LogP contribution in [0.2, 0.25) is 0 Å². The monoisotopic (exact) mass is 139 g/mol. The van der Waals surface area contributed by atoms with Crippen molar-refractivity contribution in [2.45, 2.75) is 12.5 Å². The van der Waals surface area contributed by atoms with Gasteiger partial charge in [0.25, 0.3) is 0 Å². The molecule has 1 N–H and O–H groups in total. The van der Waals surface area contributed by atoms with Gasteiger partial charge in [-0.1, -0.05) is 6.08 Å². The minimum atomic E-state index is -1.12. The summed E-state index contributed by atoms with van der Waals surface area (Å²) >= 11 is 0. The van der Waals surface area contributed by atoms with Crippen LogP contribution in [0, 0.1) is 5.21 Å². The zero-order valence-corrected chi connectivity index (χ0v) is 5.69. The molecule has 1 heterocycles. The van der Waals surface area contributed by atoms with Gasteiger partial charge in [-0.15, -0.1) is 0 Å². The number of hydrogen-bond acceptors (Lipinski definition) is 2. The molecule has 10 heavy (non-hydrogen) atoms. The van der Waals surface area contributed by atoms with Gasteiger partial charge in [-0.25, -0.2) is 0 Å². The van der Waals surface area contributed by atoms with Crippen LogP contribution in [-0.4, -0.2) is 21.7 Å². The van der Waals surface area contributed by atoms with Crippen LogP contribution >= 0.6 is 0 Å². The molecular formula is C7H9NO2. The molecule has 3 heteroatoms. The fourth-order valence-electron chi connectivity index (χ4n) is 0.729. The molecule has 0 aromatic rings. The molecule has 0 aromatic heterocycles. The van der Waals surface area contributed by atoms with Crippen molar-refractivity contribution in [3.05, 3.63) is 29.6 Å². The molecule has 3 nitrogen and oxygen atoms in total. The summed E-state index contributed by atoms with van der Waals surface area (Å²) in [6.07, 6.45) is 7.27. The third-order valence-corrected chi connectivity index (χ3v) is 1.17. The van der Waals surface area contributed by atoms with E-state index in [1.54, 1.807) is 25.2 Å². The van der Waals surface area contributed by atoms with Crippen LogP contribution in [0.5, 0.6) is 0 Å². The Morgan fingerprint density at radius 2 is 2.20 bits per heavy atom. The second-order valence-corrected chi connectivity index (χ2v) is 2.42. The van der Waals surface area contributed by atoms with E-state index in [9.17, 15) is 10.3 Å². The van der Waals surface area contributed by atoms with Crippen LogP contribution < -0.4 is 0 Å². The maximum Gasteiger partial charge on any atom is 0.192 e. The van der Waals surface area contributed by atoms with Crippen molar-refractivity contribution >= 4 is 6.21 Å². The van der Waals surface area contributed by atoms with Crippen LogP contribution in [0.3, 0.4) is 0 Å². The van der Waals surface area contributed by atoms with Gasteiger partial charge in [0.2, 0.25) is 0 Å². The lowest BCUT2D eigenvalue weighted by molar-refractivity contribution is -0.377. The number of hydroxylamine groups is 1. The summed E-state index contributed by atoms with van der Waals surface area (Å²) in [5, 5.41) is 20.0. The van der Waals surface area contributed by atoms with Gasteiger partial charge < -0.3 is 10.3 Å². The zero-order valence-electron chi connectivity index (χ0n) is 5.69. The number of aliphatic hydroxyl groups is 1. The second kappa shape index (κ2) is 2.27. The van der Waals surface area contributed by atoms with E-state index in [-0.39, 0.29) is 0 Å². The van der Waals surface area contributed by atoms with Crippen LogP contribution in [-0.2, 0) is 0 Å². The van der Waals surface area contributed by atoms with Crippen molar-refractivity contribution in [3.8, 4) is 0 Å². The average Bonchev–Trinajstić information content (AvgIpc) is 1.90. The molecule has 0 aliphatic carbocycles. The van der Waals surface area contributed by atoms with Crippen molar-refractivity contribution in [2.75, 3.05) is 0 Å². The summed E-state index contributed by atoms with van der Waals surface area (Å²) in [5.74, 6) is 0. The fourth-order valence-corrected chi connectivity index (χ4v) is 0.729. The Morgan fingerprint density at radius 1 is 1.50 bits per heavy atom. The molecule has 0 radical (unpaired) electrons. The van der Waals surface area contributed by atoms with E-state index in [0.29, 0.717) is 4.74 Å². The fraction of sp³-hybridized carbons (Fsp3) is 0.286. The average molecular weight is 139 g/mol. The summed E-state index contributed by atoms with van der Waals surface area (Å²) in [6.45, 7) is 1.54. The molecule has 0 saturated heterocycles. The van der Waals surface area contributed by atoms with Crippen molar-refractivity contribution < 1.29 is 9.85 Å². The van der Waals surface area contributed by atoms with Gasteiger partial charge >= 0.3 is 0 Å². The normalized spacial score (nSPS) is 31.6. The van der Waals surface area contributed by atoms with Crippen molar-refractivity contribution in [2.24, 2.45) is 0 Å². The quantitative estimate of drug-likeness (QED) is 0.390. The first-order valence-corrected chi connectivity index (χ1v) is 3.00. The van der Waals surface area contributed by atoms with E-state index < -0.39 is 5.60 Å². The third-order valence-electron chi connectivity index (χ3n) is 1.17. The van der Waals surface area contributed by atoms with Gasteiger partial charge in [0.05, 0.1) is 0 Å². The Bertz CT molecular complexity index is 214. The molecule has 0 aromatic carbocycles. The highest BCUT2D eigenvalue weighted by atomic mass is 16.5. The SMILES string of the molecule is CC1(O)C=CC=C[N+]([O-])=C1. The van der Waals surface area contributed by atoms with E-state index in [1.165, 1.54) is 12.4 Å². The second-order valence-electron chi connectivity index (χ2n) is 2.42. The van der Waals surface area contributed by atoms with Crippen LogP contribution in [0.25, 0.3) is 0 Å². The summed E-state index contributed by atoms with van der Waals surface area (Å²) in [7, 11) is 0. The predicted octanol–water partition coefficient (Wildman–Crippen LogP) is 0.402. The molecule has 54 valence electrons. The maximum atomic E-state index is 10.7. The number of nitrogens with zero attached hydrogens (tertiary/aromatic N) is 1. The van der Waals surface area contributed by atoms with Crippen LogP contribution in [0.1, 0.15) is 6.92 Å². The first-order valence-electron chi connectivity index (χ1n) is 3.00. The van der Waals surface area contributed by atoms with E-state index in [1.807, 2.05) is 0 Å². The summed E-state index contributed by atoms with van der Waals surface area (Å²) in [5.41, 5.74) is -1.12. The largest absolute Gasteiger partial charge is 0.619 e. The number of allylic oxidation sites excluding steroid dienone is 2. The van der Waals surface area contributed by atoms with Gasteiger partial charge in [-0.05, 0) is 13.0 Å². The van der Waals surface area contributed by atoms with E-state index in [4.69, 9.17) is 0 Å². The Hall–Kier alpha value is -1.09. The van der Waals surface area contributed by atoms with Crippen LogP contribution in [0.15, 0.2) is 24.4 Å². The van der Waals surface area contributed by atoms with Gasteiger partial charge in [-0.2, -0.15) is 4.74 Å². The Balaban J connectivity index is 2.93. The molecule has 0 amide bonds. The van der Waals surface area contributed by atoms with Gasteiger partial charge in [-0.3, -0.25) is 0 Å². The molecule has 1 atom stereocenters. The molecule has 1 unspecified atom stereocenters. The third kappa shape index (κ3) is 1.70. The predicted molar refractivity (Wildman–Crippen MR) is 38.6 cm³/mol. The zero-order chi connectivity index (χ0) is 7.61. The minimum Gasteiger partial charge on any atom is -0.619 e. The molecule has 0 bridgehead atoms. The topological polar surface area (TPSA) is 46.3 Å². The molecule has 0 fully saturated rings. The highest BCUT2D eigenvalue weighted by molar-refractivity contribution is 5.67. The minimum absolute atomic E-state index is 0.583. The lowest BCUT2D eigenvalue weighted by atomic mass is 10.1. The Morgan fingerprint density at radius 3 is 2.90 bits per heavy atom. The van der Waals surface area contributed by atoms with Crippen molar-refractivity contribution in [1.29, 1.82) is 0 Å². The molecular weight excluding hydrogens is 130 g/mol. The summed E-state index contributed by atoms with van der Waals surface area (Å²) in [4.78, 5) is 0. The molecule has 1 aliphatic heterocycles. The first-order chi connectivity index (χ1) is 4.60. The highest BCUT2D eigenvalue weighted by Gasteiger charge is 2.17. The summed E-state index contributed by atoms with van der Waals surface area (Å²) < 4.78 is 0.583. The summed E-state index contributed by atoms with van der Waals surface area (Å²) in [6, 6.07) is 0. The van der Waals surface area contributed by atoms with Crippen molar-refractivity contribution in [1.82, 2.24) is 0 Å². The Kier molecular flexibility index (Phi) is 1.59. The molecule has 0 saturated carbocycles. The Labute approximate surface area is 59.2 Å². The van der Waals surface area contributed by atoms with E-state index >= 15 is 0 Å². The van der Waals surface area contributed by atoms with Gasteiger partial charge in [0.15, 0.2) is 18.0 Å². The molecule has 1 aliphatic rings. The standard InChI is InChI=1S/C7H9NO2/c1-7(9)4-2-3-5-8(10)6-7/h2-6,9H,1H3. The molecule has 1 rings (SSSR count). The molecule has 0 spiro atoms. The van der Waals surface area contributed by atoms with Gasteiger partial charge in [0, 0.05) is 6.08 Å². The first kappa shape index (κ1) is 7.02. The smallest absolute Gasteiger partial charge is 0.192 e. The lowest BCUT2D eigenvalue weighted by Crippen LogP contribution is -2.25. The van der Waals surface area contributed by atoms with E-state index in [0.717, 1.165) is 0 Å². The number of hydrogen-bond donors (Lipinski definition) is 1. The van der Waals surface area contributed by atoms with E-state index in [2.05, 4.69) is 0 Å². The van der Waals surface area contributed by atoms with Crippen LogP contribution in [0.4, 0.5) is 0 Å². The number of rotatable bonds is 0. The lowest BCUT2D eigenvalue weighted by Gasteiger charge is -2.08.